The molecule has 0 spiro atoms. The third-order valence-corrected chi connectivity index (χ3v) is 4.40. The second kappa shape index (κ2) is 4.88. The fourth-order valence-corrected chi connectivity index (χ4v) is 2.90. The Labute approximate surface area is 110 Å². The van der Waals surface area contributed by atoms with Crippen LogP contribution in [0.25, 0.3) is 5.57 Å². The number of hydrogen-bond donors (Lipinski definition) is 0. The molecule has 0 bridgehead atoms. The Kier molecular flexibility index (Phi) is 3.62. The topological polar surface area (TPSA) is 34.1 Å². The molecule has 18 heavy (non-hydrogen) atoms. The van der Waals surface area contributed by atoms with Gasteiger partial charge in [-0.1, -0.05) is 38.1 Å². The van der Waals surface area contributed by atoms with Crippen LogP contribution in [0.1, 0.15) is 42.9 Å². The van der Waals surface area contributed by atoms with Gasteiger partial charge in [0.25, 0.3) is 0 Å². The third-order valence-electron chi connectivity index (χ3n) is 3.46. The summed E-state index contributed by atoms with van der Waals surface area (Å²) < 4.78 is 22.5. The first kappa shape index (κ1) is 13.3. The summed E-state index contributed by atoms with van der Waals surface area (Å²) >= 11 is 0. The van der Waals surface area contributed by atoms with Crippen molar-refractivity contribution in [2.45, 2.75) is 32.6 Å². The van der Waals surface area contributed by atoms with Gasteiger partial charge in [0.05, 0.1) is 5.75 Å². The van der Waals surface area contributed by atoms with Crippen molar-refractivity contribution in [1.29, 1.82) is 0 Å². The average molecular weight is 264 g/mol. The minimum absolute atomic E-state index is 0.240. The molecular formula is C15H20O2S. The van der Waals surface area contributed by atoms with Crippen molar-refractivity contribution in [3.63, 3.8) is 0 Å². The summed E-state index contributed by atoms with van der Waals surface area (Å²) in [4.78, 5) is 0. The van der Waals surface area contributed by atoms with Crippen LogP contribution >= 0.6 is 0 Å². The zero-order chi connectivity index (χ0) is 13.3. The van der Waals surface area contributed by atoms with Gasteiger partial charge in [0, 0.05) is 6.26 Å². The van der Waals surface area contributed by atoms with E-state index in [1.165, 1.54) is 28.5 Å². The number of benzene rings is 1. The molecule has 0 saturated carbocycles. The van der Waals surface area contributed by atoms with E-state index >= 15 is 0 Å². The van der Waals surface area contributed by atoms with E-state index in [1.54, 1.807) is 0 Å². The number of fused-ring (bicyclic) bond motifs is 1. The van der Waals surface area contributed by atoms with Crippen molar-refractivity contribution >= 4 is 15.4 Å². The molecule has 98 valence electrons. The first-order chi connectivity index (χ1) is 8.37. The van der Waals surface area contributed by atoms with Gasteiger partial charge in [-0.05, 0) is 41.0 Å². The molecule has 0 saturated heterocycles. The normalized spacial score (nSPS) is 14.8. The Morgan fingerprint density at radius 3 is 2.61 bits per heavy atom. The van der Waals surface area contributed by atoms with Crippen LogP contribution in [0.5, 0.6) is 0 Å². The van der Waals surface area contributed by atoms with Crippen LogP contribution in [-0.4, -0.2) is 20.4 Å². The molecule has 0 atom stereocenters. The monoisotopic (exact) mass is 264 g/mol. The average Bonchev–Trinajstić information content (AvgIpc) is 2.67. The van der Waals surface area contributed by atoms with Crippen LogP contribution < -0.4 is 0 Å². The van der Waals surface area contributed by atoms with Crippen molar-refractivity contribution in [3.8, 4) is 0 Å². The van der Waals surface area contributed by atoms with E-state index in [4.69, 9.17) is 0 Å². The maximum atomic E-state index is 11.2. The molecule has 1 aromatic carbocycles. The smallest absolute Gasteiger partial charge is 0.147 e. The van der Waals surface area contributed by atoms with Gasteiger partial charge in [-0.2, -0.15) is 0 Å². The fourth-order valence-electron chi connectivity index (χ4n) is 2.31. The van der Waals surface area contributed by atoms with Crippen LogP contribution in [-0.2, 0) is 16.3 Å². The highest BCUT2D eigenvalue weighted by Gasteiger charge is 2.16. The zero-order valence-corrected chi connectivity index (χ0v) is 12.0. The lowest BCUT2D eigenvalue weighted by molar-refractivity contribution is 0.602. The molecule has 1 aromatic rings. The van der Waals surface area contributed by atoms with E-state index in [-0.39, 0.29) is 5.75 Å². The summed E-state index contributed by atoms with van der Waals surface area (Å²) in [5.41, 5.74) is 5.09. The summed E-state index contributed by atoms with van der Waals surface area (Å²) in [5.74, 6) is 0.747. The summed E-state index contributed by atoms with van der Waals surface area (Å²) in [7, 11) is -2.88. The molecule has 0 aliphatic heterocycles. The van der Waals surface area contributed by atoms with Crippen molar-refractivity contribution in [3.05, 3.63) is 41.0 Å². The van der Waals surface area contributed by atoms with Gasteiger partial charge in [0.2, 0.25) is 0 Å². The minimum atomic E-state index is -2.88. The lowest BCUT2D eigenvalue weighted by Crippen LogP contribution is -2.03. The number of sulfone groups is 1. The van der Waals surface area contributed by atoms with E-state index < -0.39 is 9.84 Å². The van der Waals surface area contributed by atoms with Crippen molar-refractivity contribution in [2.75, 3.05) is 12.0 Å². The summed E-state index contributed by atoms with van der Waals surface area (Å²) in [6, 6.07) is 6.58. The van der Waals surface area contributed by atoms with Crippen LogP contribution in [0.15, 0.2) is 24.3 Å². The van der Waals surface area contributed by atoms with Crippen LogP contribution in [0.3, 0.4) is 0 Å². The Morgan fingerprint density at radius 2 is 2.00 bits per heavy atom. The van der Waals surface area contributed by atoms with Crippen molar-refractivity contribution in [1.82, 2.24) is 0 Å². The maximum absolute atomic E-state index is 11.2. The molecule has 0 amide bonds. The van der Waals surface area contributed by atoms with Crippen molar-refractivity contribution < 1.29 is 8.42 Å². The van der Waals surface area contributed by atoms with Gasteiger partial charge >= 0.3 is 0 Å². The Balaban J connectivity index is 2.22. The molecule has 0 heterocycles. The van der Waals surface area contributed by atoms with Gasteiger partial charge in [0.15, 0.2) is 0 Å². The largest absolute Gasteiger partial charge is 0.229 e. The molecule has 1 aliphatic carbocycles. The van der Waals surface area contributed by atoms with Gasteiger partial charge in [-0.3, -0.25) is 0 Å². The lowest BCUT2D eigenvalue weighted by Gasteiger charge is -2.10. The predicted molar refractivity (Wildman–Crippen MR) is 76.5 cm³/mol. The van der Waals surface area contributed by atoms with Gasteiger partial charge < -0.3 is 0 Å². The highest BCUT2D eigenvalue weighted by Crippen LogP contribution is 2.32. The molecule has 0 N–H and O–H groups in total. The van der Waals surface area contributed by atoms with E-state index in [0.717, 1.165) is 6.42 Å². The zero-order valence-electron chi connectivity index (χ0n) is 11.2. The second-order valence-electron chi connectivity index (χ2n) is 5.38. The van der Waals surface area contributed by atoms with Gasteiger partial charge in [0.1, 0.15) is 9.84 Å². The Bertz CT molecular complexity index is 581. The molecule has 0 fully saturated rings. The summed E-state index contributed by atoms with van der Waals surface area (Å²) in [6.45, 7) is 4.35. The van der Waals surface area contributed by atoms with Crippen LogP contribution in [0.4, 0.5) is 0 Å². The maximum Gasteiger partial charge on any atom is 0.147 e. The van der Waals surface area contributed by atoms with E-state index in [0.29, 0.717) is 12.3 Å². The lowest BCUT2D eigenvalue weighted by atomic mass is 9.96. The number of hydrogen-bond acceptors (Lipinski definition) is 2. The summed E-state index contributed by atoms with van der Waals surface area (Å²) in [5, 5.41) is 0. The van der Waals surface area contributed by atoms with Crippen molar-refractivity contribution in [2.24, 2.45) is 0 Å². The SMILES string of the molecule is CC(C)c1ccc2c(c1)C(CCS(C)(=O)=O)=CC2. The quantitative estimate of drug-likeness (QED) is 0.837. The highest BCUT2D eigenvalue weighted by atomic mass is 32.2. The van der Waals surface area contributed by atoms with Gasteiger partial charge in [-0.25, -0.2) is 8.42 Å². The van der Waals surface area contributed by atoms with E-state index in [1.807, 2.05) is 0 Å². The van der Waals surface area contributed by atoms with Crippen LogP contribution in [0, 0.1) is 0 Å². The standard InChI is InChI=1S/C15H20O2S/c1-11(2)14-7-6-12-4-5-13(15(12)10-14)8-9-18(3,16)17/h5-7,10-11H,4,8-9H2,1-3H3. The molecule has 0 unspecified atom stereocenters. The number of rotatable bonds is 4. The van der Waals surface area contributed by atoms with Gasteiger partial charge in [-0.15, -0.1) is 0 Å². The fraction of sp³-hybridized carbons (Fsp3) is 0.467. The minimum Gasteiger partial charge on any atom is -0.229 e. The predicted octanol–water partition coefficient (Wildman–Crippen LogP) is 3.18. The first-order valence-electron chi connectivity index (χ1n) is 6.37. The van der Waals surface area contributed by atoms with E-state index in [9.17, 15) is 8.42 Å². The molecular weight excluding hydrogens is 244 g/mol. The molecule has 2 nitrogen and oxygen atoms in total. The molecule has 2 rings (SSSR count). The van der Waals surface area contributed by atoms with Crippen LogP contribution in [0.2, 0.25) is 0 Å². The molecule has 0 radical (unpaired) electrons. The molecule has 0 aromatic heterocycles. The Hall–Kier alpha value is -1.09. The molecule has 1 aliphatic rings. The second-order valence-corrected chi connectivity index (χ2v) is 7.64. The highest BCUT2D eigenvalue weighted by molar-refractivity contribution is 7.90. The number of allylic oxidation sites excluding steroid dienone is 2. The van der Waals surface area contributed by atoms with E-state index in [2.05, 4.69) is 38.1 Å². The summed E-state index contributed by atoms with van der Waals surface area (Å²) in [6.07, 6.45) is 5.04. The first-order valence-corrected chi connectivity index (χ1v) is 8.43. The third kappa shape index (κ3) is 3.02. The molecule has 3 heteroatoms. The Morgan fingerprint density at radius 1 is 1.28 bits per heavy atom.